The van der Waals surface area contributed by atoms with E-state index in [1.54, 1.807) is 38.1 Å². The van der Waals surface area contributed by atoms with E-state index in [1.165, 1.54) is 0 Å². The lowest BCUT2D eigenvalue weighted by atomic mass is 10.1. The molecule has 270 valence electrons. The molecule has 0 radical (unpaired) electrons. The number of esters is 1. The molecule has 4 N–H and O–H groups in total. The number of hydrogen-bond acceptors (Lipinski definition) is 7. The highest BCUT2D eigenvalue weighted by Gasteiger charge is 2.32. The molecular formula is C39H55ClN2O7. The molecule has 1 atom stereocenters. The van der Waals surface area contributed by atoms with Crippen LogP contribution in [0.15, 0.2) is 97.2 Å². The van der Waals surface area contributed by atoms with E-state index >= 15 is 0 Å². The van der Waals surface area contributed by atoms with Gasteiger partial charge in [-0.15, -0.1) is 0 Å². The lowest BCUT2D eigenvalue weighted by Crippen LogP contribution is -2.54. The molecule has 0 fully saturated rings. The van der Waals surface area contributed by atoms with Gasteiger partial charge in [0.15, 0.2) is 5.60 Å². The van der Waals surface area contributed by atoms with Gasteiger partial charge in [-0.3, -0.25) is 9.59 Å². The van der Waals surface area contributed by atoms with Crippen LogP contribution in [0.4, 0.5) is 0 Å². The topological polar surface area (TPSA) is 134 Å². The minimum Gasteiger partial charge on any atom is -0.478 e. The number of amides is 2. The second kappa shape index (κ2) is 27.0. The van der Waals surface area contributed by atoms with E-state index in [1.807, 2.05) is 12.2 Å². The highest BCUT2D eigenvalue weighted by molar-refractivity contribution is 6.30. The molecule has 10 heteroatoms. The first-order valence-corrected chi connectivity index (χ1v) is 17.3. The number of hydrogen-bond donors (Lipinski definition) is 4. The van der Waals surface area contributed by atoms with Crippen LogP contribution in [0.3, 0.4) is 0 Å². The standard InChI is InChI=1S/C39H55ClN2O7/c1-4-5-6-7-8-9-10-11-12-13-14-15-16-17-18-19-20-21-22-23-36(45)42-35(37(46)48-31-32(29-43)30-44)28-41-38(47)39(2,3)49-34-26-24-33(40)25-27-34/h5-6,8-9,11-12,14-15,17-18,20-21,24-27,32,35,43-44H,4,7,10,13,16,19,22-23,28-31H2,1-3H3,(H,41,47)(H,42,45)/b6-5-,9-8-,12-11-,15-14-,18-17-,21-20-. The first-order chi connectivity index (χ1) is 23.6. The average Bonchev–Trinajstić information content (AvgIpc) is 3.08. The van der Waals surface area contributed by atoms with Gasteiger partial charge >= 0.3 is 5.97 Å². The maximum atomic E-state index is 13.0. The molecule has 0 aromatic heterocycles. The van der Waals surface area contributed by atoms with Crippen molar-refractivity contribution in [2.24, 2.45) is 5.92 Å². The molecule has 1 aromatic carbocycles. The van der Waals surface area contributed by atoms with Gasteiger partial charge in [-0.25, -0.2) is 4.79 Å². The minimum atomic E-state index is -1.30. The second-order valence-electron chi connectivity index (χ2n) is 11.7. The number of benzene rings is 1. The first-order valence-electron chi connectivity index (χ1n) is 16.9. The van der Waals surface area contributed by atoms with Crippen LogP contribution in [-0.4, -0.2) is 66.0 Å². The molecule has 0 aliphatic rings. The van der Waals surface area contributed by atoms with E-state index < -0.39 is 35.3 Å². The third kappa shape index (κ3) is 21.6. The van der Waals surface area contributed by atoms with Crippen LogP contribution in [-0.2, 0) is 19.1 Å². The van der Waals surface area contributed by atoms with Crippen molar-refractivity contribution in [1.82, 2.24) is 10.6 Å². The van der Waals surface area contributed by atoms with Gasteiger partial charge in [0.25, 0.3) is 5.91 Å². The molecule has 0 saturated carbocycles. The van der Waals surface area contributed by atoms with E-state index in [0.29, 0.717) is 17.2 Å². The van der Waals surface area contributed by atoms with Crippen molar-refractivity contribution in [1.29, 1.82) is 0 Å². The summed E-state index contributed by atoms with van der Waals surface area (Å²) in [5, 5.41) is 24.4. The van der Waals surface area contributed by atoms with Crippen LogP contribution < -0.4 is 15.4 Å². The molecule has 0 aliphatic heterocycles. The van der Waals surface area contributed by atoms with Gasteiger partial charge in [0.1, 0.15) is 11.8 Å². The van der Waals surface area contributed by atoms with Gasteiger partial charge in [0.05, 0.1) is 19.8 Å². The van der Waals surface area contributed by atoms with Crippen LogP contribution in [0.5, 0.6) is 5.75 Å². The molecule has 0 spiro atoms. The van der Waals surface area contributed by atoms with E-state index in [9.17, 15) is 24.6 Å². The summed E-state index contributed by atoms with van der Waals surface area (Å²) in [6.07, 6.45) is 31.4. The van der Waals surface area contributed by atoms with Gasteiger partial charge < -0.3 is 30.3 Å². The zero-order valence-electron chi connectivity index (χ0n) is 29.2. The summed E-state index contributed by atoms with van der Waals surface area (Å²) in [5.74, 6) is -1.94. The van der Waals surface area contributed by atoms with Crippen molar-refractivity contribution in [3.05, 3.63) is 102 Å². The molecule has 0 saturated heterocycles. The molecular weight excluding hydrogens is 644 g/mol. The Bertz CT molecular complexity index is 1260. The third-order valence-electron chi connectivity index (χ3n) is 6.93. The second-order valence-corrected chi connectivity index (χ2v) is 12.1. The fraction of sp³-hybridized carbons (Fsp3) is 0.462. The van der Waals surface area contributed by atoms with Gasteiger partial charge in [-0.1, -0.05) is 91.4 Å². The van der Waals surface area contributed by atoms with E-state index in [-0.39, 0.29) is 32.8 Å². The van der Waals surface area contributed by atoms with Gasteiger partial charge in [0, 0.05) is 23.9 Å². The fourth-order valence-corrected chi connectivity index (χ4v) is 4.15. The Labute approximate surface area is 297 Å². The van der Waals surface area contributed by atoms with Crippen molar-refractivity contribution in [3.63, 3.8) is 0 Å². The Morgan fingerprint density at radius 3 is 1.78 bits per heavy atom. The molecule has 9 nitrogen and oxygen atoms in total. The van der Waals surface area contributed by atoms with Crippen molar-refractivity contribution >= 4 is 29.4 Å². The predicted octanol–water partition coefficient (Wildman–Crippen LogP) is 6.72. The summed E-state index contributed by atoms with van der Waals surface area (Å²) in [4.78, 5) is 38.5. The van der Waals surface area contributed by atoms with Gasteiger partial charge in [-0.05, 0) is 83.1 Å². The van der Waals surface area contributed by atoms with Crippen molar-refractivity contribution in [2.45, 2.75) is 83.8 Å². The van der Waals surface area contributed by atoms with E-state index in [0.717, 1.165) is 38.5 Å². The number of aliphatic hydroxyl groups excluding tert-OH is 2. The van der Waals surface area contributed by atoms with Crippen molar-refractivity contribution in [3.8, 4) is 5.75 Å². The quantitative estimate of drug-likeness (QED) is 0.0658. The fourth-order valence-electron chi connectivity index (χ4n) is 4.03. The van der Waals surface area contributed by atoms with Gasteiger partial charge in [-0.2, -0.15) is 0 Å². The summed E-state index contributed by atoms with van der Waals surface area (Å²) in [7, 11) is 0. The molecule has 1 rings (SSSR count). The number of carbonyl (C=O) groups excluding carboxylic acids is 3. The van der Waals surface area contributed by atoms with Crippen molar-refractivity contribution < 1.29 is 34.1 Å². The predicted molar refractivity (Wildman–Crippen MR) is 197 cm³/mol. The highest BCUT2D eigenvalue weighted by atomic mass is 35.5. The summed E-state index contributed by atoms with van der Waals surface area (Å²) < 4.78 is 11.0. The summed E-state index contributed by atoms with van der Waals surface area (Å²) in [5.41, 5.74) is -1.30. The normalized spacial score (nSPS) is 13.1. The summed E-state index contributed by atoms with van der Waals surface area (Å²) in [6.45, 7) is 4.03. The Kier molecular flexibility index (Phi) is 23.7. The Morgan fingerprint density at radius 1 is 0.796 bits per heavy atom. The number of allylic oxidation sites excluding steroid dienone is 12. The number of nitrogens with one attached hydrogen (secondary N) is 2. The number of rotatable bonds is 25. The summed E-state index contributed by atoms with van der Waals surface area (Å²) >= 11 is 5.92. The van der Waals surface area contributed by atoms with Crippen LogP contribution in [0.25, 0.3) is 0 Å². The number of carbonyl (C=O) groups is 3. The molecule has 0 aliphatic carbocycles. The maximum Gasteiger partial charge on any atom is 0.330 e. The first kappa shape index (κ1) is 43.1. The Hall–Kier alpha value is -3.92. The van der Waals surface area contributed by atoms with E-state index in [4.69, 9.17) is 21.1 Å². The lowest BCUT2D eigenvalue weighted by molar-refractivity contribution is -0.150. The summed E-state index contributed by atoms with van der Waals surface area (Å²) in [6, 6.07) is 5.35. The largest absolute Gasteiger partial charge is 0.478 e. The maximum absolute atomic E-state index is 13.0. The van der Waals surface area contributed by atoms with Crippen LogP contribution in [0.1, 0.15) is 72.1 Å². The van der Waals surface area contributed by atoms with Crippen LogP contribution in [0.2, 0.25) is 5.02 Å². The van der Waals surface area contributed by atoms with Crippen molar-refractivity contribution in [2.75, 3.05) is 26.4 Å². The molecule has 0 heterocycles. The minimum absolute atomic E-state index is 0.126. The monoisotopic (exact) mass is 698 g/mol. The zero-order valence-corrected chi connectivity index (χ0v) is 29.9. The van der Waals surface area contributed by atoms with Crippen LogP contribution in [0, 0.1) is 5.92 Å². The molecule has 2 amide bonds. The molecule has 1 aromatic rings. The van der Waals surface area contributed by atoms with Crippen LogP contribution >= 0.6 is 11.6 Å². The average molecular weight is 699 g/mol. The van der Waals surface area contributed by atoms with Gasteiger partial charge in [0.2, 0.25) is 5.91 Å². The number of aliphatic hydroxyl groups is 2. The number of ether oxygens (including phenoxy) is 2. The highest BCUT2D eigenvalue weighted by Crippen LogP contribution is 2.21. The molecule has 1 unspecified atom stereocenters. The van der Waals surface area contributed by atoms with E-state index in [2.05, 4.69) is 78.3 Å². The zero-order chi connectivity index (χ0) is 36.2. The third-order valence-corrected chi connectivity index (χ3v) is 7.18. The SMILES string of the molecule is CC/C=C\C/C=C\C/C=C\C/C=C\C/C=C\C/C=C\CCC(=O)NC(CNC(=O)C(C)(C)Oc1ccc(Cl)cc1)C(=O)OCC(CO)CO. The molecule has 49 heavy (non-hydrogen) atoms. The lowest BCUT2D eigenvalue weighted by Gasteiger charge is -2.27. The number of halogens is 1. The Morgan fingerprint density at radius 2 is 1.29 bits per heavy atom. The smallest absolute Gasteiger partial charge is 0.330 e. The Balaban J connectivity index is 2.49. The molecule has 0 bridgehead atoms.